The first-order chi connectivity index (χ1) is 13.8. The first-order valence-electron chi connectivity index (χ1n) is 9.51. The summed E-state index contributed by atoms with van der Waals surface area (Å²) in [5.74, 6) is 0. The van der Waals surface area contributed by atoms with Crippen molar-refractivity contribution in [1.29, 1.82) is 0 Å². The first-order valence-corrected chi connectivity index (χ1v) is 10.3. The van der Waals surface area contributed by atoms with Crippen LogP contribution in [0.5, 0.6) is 0 Å². The van der Waals surface area contributed by atoms with Gasteiger partial charge in [-0.15, -0.1) is 0 Å². The average molecular weight is 385 g/mol. The Bertz CT molecular complexity index is 1110. The monoisotopic (exact) mass is 384 g/mol. The summed E-state index contributed by atoms with van der Waals surface area (Å²) in [5.41, 5.74) is 6.00. The molecule has 5 rings (SSSR count). The standard InChI is InChI=1S/C23H20N4S/c1-2-10-25-20(3-1)15-17-8-13-27(14-9-17)23-26-21-5-4-19(16-22(21)28-23)18-6-11-24-12-7-18/h1-7,10-12,15-16H,8-9,13-14H2. The van der Waals surface area contributed by atoms with Gasteiger partial charge in [0.1, 0.15) is 0 Å². The van der Waals surface area contributed by atoms with Crippen molar-refractivity contribution in [2.75, 3.05) is 18.0 Å². The van der Waals surface area contributed by atoms with E-state index in [4.69, 9.17) is 4.98 Å². The summed E-state index contributed by atoms with van der Waals surface area (Å²) in [7, 11) is 0. The van der Waals surface area contributed by atoms with Gasteiger partial charge in [0.2, 0.25) is 0 Å². The molecule has 28 heavy (non-hydrogen) atoms. The largest absolute Gasteiger partial charge is 0.347 e. The van der Waals surface area contributed by atoms with Gasteiger partial charge in [-0.3, -0.25) is 9.97 Å². The number of thiazole rings is 1. The SMILES string of the molecule is C(=C1CCN(c2nc3ccc(-c4ccncc4)cc3s2)CC1)c1ccccn1. The van der Waals surface area contributed by atoms with Crippen LogP contribution in [0.4, 0.5) is 5.13 Å². The van der Waals surface area contributed by atoms with Gasteiger partial charge in [-0.05, 0) is 66.4 Å². The molecule has 0 spiro atoms. The van der Waals surface area contributed by atoms with Crippen LogP contribution in [0, 0.1) is 0 Å². The van der Waals surface area contributed by atoms with Gasteiger partial charge in [0.25, 0.3) is 0 Å². The average Bonchev–Trinajstić information content (AvgIpc) is 3.19. The number of hydrogen-bond donors (Lipinski definition) is 0. The maximum atomic E-state index is 4.88. The molecule has 5 heteroatoms. The molecule has 3 aromatic heterocycles. The molecule has 1 fully saturated rings. The topological polar surface area (TPSA) is 41.9 Å². The van der Waals surface area contributed by atoms with Crippen molar-refractivity contribution in [3.8, 4) is 11.1 Å². The third-order valence-corrected chi connectivity index (χ3v) is 6.19. The van der Waals surface area contributed by atoms with Gasteiger partial charge in [-0.25, -0.2) is 4.98 Å². The zero-order valence-electron chi connectivity index (χ0n) is 15.5. The second-order valence-electron chi connectivity index (χ2n) is 6.96. The van der Waals surface area contributed by atoms with E-state index < -0.39 is 0 Å². The number of pyridine rings is 2. The molecule has 4 aromatic rings. The van der Waals surface area contributed by atoms with Gasteiger partial charge >= 0.3 is 0 Å². The fourth-order valence-corrected chi connectivity index (χ4v) is 4.63. The zero-order chi connectivity index (χ0) is 18.8. The number of anilines is 1. The first kappa shape index (κ1) is 17.1. The van der Waals surface area contributed by atoms with Gasteiger partial charge in [-0.2, -0.15) is 0 Å². The molecule has 4 nitrogen and oxygen atoms in total. The minimum absolute atomic E-state index is 1.01. The van der Waals surface area contributed by atoms with E-state index in [0.29, 0.717) is 0 Å². The molecule has 4 heterocycles. The Balaban J connectivity index is 1.34. The van der Waals surface area contributed by atoms with E-state index in [0.717, 1.165) is 42.3 Å². The lowest BCUT2D eigenvalue weighted by molar-refractivity contribution is 0.687. The quantitative estimate of drug-likeness (QED) is 0.472. The Morgan fingerprint density at radius 1 is 0.893 bits per heavy atom. The molecule has 1 aliphatic heterocycles. The summed E-state index contributed by atoms with van der Waals surface area (Å²) in [6.45, 7) is 2.02. The second-order valence-corrected chi connectivity index (χ2v) is 7.97. The highest BCUT2D eigenvalue weighted by molar-refractivity contribution is 7.22. The van der Waals surface area contributed by atoms with Crippen molar-refractivity contribution in [2.45, 2.75) is 12.8 Å². The molecule has 0 atom stereocenters. The van der Waals surface area contributed by atoms with Crippen LogP contribution in [0.2, 0.25) is 0 Å². The van der Waals surface area contributed by atoms with E-state index in [9.17, 15) is 0 Å². The molecule has 0 unspecified atom stereocenters. The molecule has 0 amide bonds. The highest BCUT2D eigenvalue weighted by Gasteiger charge is 2.18. The van der Waals surface area contributed by atoms with Crippen LogP contribution in [-0.2, 0) is 0 Å². The Labute approximate surface area is 168 Å². The van der Waals surface area contributed by atoms with E-state index in [2.05, 4.69) is 45.2 Å². The number of fused-ring (bicyclic) bond motifs is 1. The Kier molecular flexibility index (Phi) is 4.59. The normalized spacial score (nSPS) is 14.4. The minimum atomic E-state index is 1.01. The molecular weight excluding hydrogens is 364 g/mol. The predicted octanol–water partition coefficient (Wildman–Crippen LogP) is 5.44. The van der Waals surface area contributed by atoms with E-state index in [-0.39, 0.29) is 0 Å². The molecule has 0 radical (unpaired) electrons. The van der Waals surface area contributed by atoms with Gasteiger partial charge < -0.3 is 4.90 Å². The molecule has 138 valence electrons. The second kappa shape index (κ2) is 7.52. The van der Waals surface area contributed by atoms with E-state index >= 15 is 0 Å². The van der Waals surface area contributed by atoms with Crippen LogP contribution in [0.1, 0.15) is 18.5 Å². The van der Waals surface area contributed by atoms with Crippen LogP contribution in [0.25, 0.3) is 27.4 Å². The molecule has 0 bridgehead atoms. The Hall–Kier alpha value is -3.05. The predicted molar refractivity (Wildman–Crippen MR) is 117 cm³/mol. The van der Waals surface area contributed by atoms with Gasteiger partial charge in [0, 0.05) is 31.7 Å². The van der Waals surface area contributed by atoms with Crippen molar-refractivity contribution in [3.63, 3.8) is 0 Å². The van der Waals surface area contributed by atoms with Crippen molar-refractivity contribution in [1.82, 2.24) is 15.0 Å². The van der Waals surface area contributed by atoms with Crippen LogP contribution in [0.15, 0.2) is 72.7 Å². The molecule has 0 aliphatic carbocycles. The van der Waals surface area contributed by atoms with Crippen molar-refractivity contribution < 1.29 is 0 Å². The molecule has 0 N–H and O–H groups in total. The lowest BCUT2D eigenvalue weighted by Crippen LogP contribution is -2.30. The number of piperidine rings is 1. The minimum Gasteiger partial charge on any atom is -0.347 e. The Morgan fingerprint density at radius 3 is 2.54 bits per heavy atom. The molecular formula is C23H20N4S. The molecule has 1 saturated heterocycles. The fourth-order valence-electron chi connectivity index (χ4n) is 3.57. The molecule has 1 aromatic carbocycles. The van der Waals surface area contributed by atoms with Crippen LogP contribution >= 0.6 is 11.3 Å². The smallest absolute Gasteiger partial charge is 0.186 e. The van der Waals surface area contributed by atoms with Crippen molar-refractivity contribution >= 4 is 32.8 Å². The Morgan fingerprint density at radius 2 is 1.75 bits per heavy atom. The number of hydrogen-bond acceptors (Lipinski definition) is 5. The molecule has 0 saturated carbocycles. The highest BCUT2D eigenvalue weighted by Crippen LogP contribution is 2.34. The van der Waals surface area contributed by atoms with Gasteiger partial charge in [0.15, 0.2) is 5.13 Å². The van der Waals surface area contributed by atoms with Crippen LogP contribution in [-0.4, -0.2) is 28.0 Å². The summed E-state index contributed by atoms with van der Waals surface area (Å²) >= 11 is 1.79. The van der Waals surface area contributed by atoms with Gasteiger partial charge in [-0.1, -0.05) is 29.0 Å². The molecule has 1 aliphatic rings. The number of nitrogens with zero attached hydrogens (tertiary/aromatic N) is 4. The lowest BCUT2D eigenvalue weighted by Gasteiger charge is -2.27. The zero-order valence-corrected chi connectivity index (χ0v) is 16.3. The van der Waals surface area contributed by atoms with Crippen LogP contribution in [0.3, 0.4) is 0 Å². The van der Waals surface area contributed by atoms with E-state index in [1.807, 2.05) is 42.9 Å². The number of rotatable bonds is 3. The van der Waals surface area contributed by atoms with Crippen molar-refractivity contribution in [3.05, 3.63) is 78.4 Å². The summed E-state index contributed by atoms with van der Waals surface area (Å²) in [6.07, 6.45) is 9.88. The maximum Gasteiger partial charge on any atom is 0.186 e. The maximum absolute atomic E-state index is 4.88. The van der Waals surface area contributed by atoms with Crippen molar-refractivity contribution in [2.24, 2.45) is 0 Å². The van der Waals surface area contributed by atoms with E-state index in [1.54, 1.807) is 11.3 Å². The summed E-state index contributed by atoms with van der Waals surface area (Å²) in [5, 5.41) is 1.12. The summed E-state index contributed by atoms with van der Waals surface area (Å²) in [4.78, 5) is 15.8. The van der Waals surface area contributed by atoms with E-state index in [1.165, 1.54) is 21.4 Å². The fraction of sp³-hybridized carbons (Fsp3) is 0.174. The van der Waals surface area contributed by atoms with Gasteiger partial charge in [0.05, 0.1) is 15.9 Å². The number of aromatic nitrogens is 3. The van der Waals surface area contributed by atoms with Crippen LogP contribution < -0.4 is 4.90 Å². The summed E-state index contributed by atoms with van der Waals surface area (Å²) < 4.78 is 1.24. The third-order valence-electron chi connectivity index (χ3n) is 5.11. The lowest BCUT2D eigenvalue weighted by atomic mass is 10.0. The summed E-state index contributed by atoms with van der Waals surface area (Å²) in [6, 6.07) is 16.7. The highest BCUT2D eigenvalue weighted by atomic mass is 32.1. The number of benzene rings is 1. The third kappa shape index (κ3) is 3.53.